The smallest absolute Gasteiger partial charge is 0.356 e. The number of halogens is 1. The molecule has 2 aromatic rings. The summed E-state index contributed by atoms with van der Waals surface area (Å²) in [5, 5.41) is 14.9. The van der Waals surface area contributed by atoms with Gasteiger partial charge in [0.05, 0.1) is 21.8 Å². The molecule has 98 valence electrons. The minimum atomic E-state index is -0.669. The Morgan fingerprint density at radius 2 is 2.26 bits per heavy atom. The van der Waals surface area contributed by atoms with Crippen LogP contribution in [0.5, 0.6) is 0 Å². The van der Waals surface area contributed by atoms with Crippen LogP contribution in [-0.2, 0) is 4.74 Å². The highest BCUT2D eigenvalue weighted by Gasteiger charge is 2.21. The fourth-order valence-electron chi connectivity index (χ4n) is 1.39. The summed E-state index contributed by atoms with van der Waals surface area (Å²) in [5.74, 6) is -0.700. The summed E-state index contributed by atoms with van der Waals surface area (Å²) in [4.78, 5) is 25.7. The maximum atomic E-state index is 11.4. The van der Waals surface area contributed by atoms with Gasteiger partial charge in [-0.2, -0.15) is 5.10 Å². The zero-order valence-electron chi connectivity index (χ0n) is 9.61. The van der Waals surface area contributed by atoms with Crippen LogP contribution in [0.15, 0.2) is 24.5 Å². The summed E-state index contributed by atoms with van der Waals surface area (Å²) in [6.07, 6.45) is 3.09. The lowest BCUT2D eigenvalue weighted by atomic mass is 10.3. The molecule has 0 amide bonds. The van der Waals surface area contributed by atoms with E-state index in [-0.39, 0.29) is 17.2 Å². The monoisotopic (exact) mass is 374 g/mol. The average Bonchev–Trinajstić information content (AvgIpc) is 2.83. The summed E-state index contributed by atoms with van der Waals surface area (Å²) in [6, 6.07) is 2.44. The minimum Gasteiger partial charge on any atom is -0.464 e. The molecule has 0 unspecified atom stereocenters. The van der Waals surface area contributed by atoms with Crippen LogP contribution in [0.25, 0.3) is 5.82 Å². The quantitative estimate of drug-likeness (QED) is 0.350. The third-order valence-electron chi connectivity index (χ3n) is 2.21. The Bertz CT molecular complexity index is 655. The highest BCUT2D eigenvalue weighted by atomic mass is 127. The fourth-order valence-corrected chi connectivity index (χ4v) is 1.78. The summed E-state index contributed by atoms with van der Waals surface area (Å²) < 4.78 is 6.56. The zero-order chi connectivity index (χ0) is 14.0. The molecule has 19 heavy (non-hydrogen) atoms. The molecule has 0 spiro atoms. The lowest BCUT2D eigenvalue weighted by Crippen LogP contribution is -2.10. The molecule has 0 bridgehead atoms. The molecule has 0 saturated carbocycles. The third-order valence-corrected chi connectivity index (χ3v) is 2.77. The highest BCUT2D eigenvalue weighted by Crippen LogP contribution is 2.21. The summed E-state index contributed by atoms with van der Waals surface area (Å²) in [7, 11) is 1.21. The Labute approximate surface area is 120 Å². The van der Waals surface area contributed by atoms with Crippen molar-refractivity contribution in [3.63, 3.8) is 0 Å². The molecular weight excluding hydrogens is 367 g/mol. The van der Waals surface area contributed by atoms with E-state index in [1.165, 1.54) is 30.1 Å². The van der Waals surface area contributed by atoms with Crippen LogP contribution in [-0.4, -0.2) is 32.8 Å². The minimum absolute atomic E-state index is 0.0198. The molecule has 0 atom stereocenters. The molecular formula is C10H7IN4O4. The number of esters is 1. The summed E-state index contributed by atoms with van der Waals surface area (Å²) >= 11 is 2.01. The van der Waals surface area contributed by atoms with E-state index < -0.39 is 10.9 Å². The number of rotatable bonds is 3. The summed E-state index contributed by atoms with van der Waals surface area (Å²) in [6.45, 7) is 0. The van der Waals surface area contributed by atoms with Crippen molar-refractivity contribution in [1.29, 1.82) is 0 Å². The SMILES string of the molecule is COC(=O)c1ccc([N+](=O)[O-])c(-n2cc(I)cn2)n1. The first-order valence-corrected chi connectivity index (χ1v) is 6.05. The molecule has 0 fully saturated rings. The van der Waals surface area contributed by atoms with Crippen molar-refractivity contribution in [2.45, 2.75) is 0 Å². The van der Waals surface area contributed by atoms with Gasteiger partial charge in [0.1, 0.15) is 0 Å². The molecule has 2 aromatic heterocycles. The van der Waals surface area contributed by atoms with Crippen molar-refractivity contribution in [3.8, 4) is 5.82 Å². The first-order valence-electron chi connectivity index (χ1n) is 4.97. The predicted octanol–water partition coefficient (Wildman–Crippen LogP) is 1.57. The Kier molecular flexibility index (Phi) is 3.74. The van der Waals surface area contributed by atoms with E-state index in [1.54, 1.807) is 6.20 Å². The largest absolute Gasteiger partial charge is 0.464 e. The topological polar surface area (TPSA) is 100 Å². The number of hydrogen-bond acceptors (Lipinski definition) is 6. The molecule has 2 heterocycles. The second-order valence-electron chi connectivity index (χ2n) is 3.39. The van der Waals surface area contributed by atoms with Gasteiger partial charge in [0.25, 0.3) is 0 Å². The molecule has 0 N–H and O–H groups in total. The van der Waals surface area contributed by atoms with Gasteiger partial charge in [0, 0.05) is 12.3 Å². The van der Waals surface area contributed by atoms with Crippen LogP contribution < -0.4 is 0 Å². The van der Waals surface area contributed by atoms with Gasteiger partial charge < -0.3 is 4.74 Å². The van der Waals surface area contributed by atoms with E-state index in [9.17, 15) is 14.9 Å². The van der Waals surface area contributed by atoms with Crippen LogP contribution in [0.2, 0.25) is 0 Å². The van der Waals surface area contributed by atoms with Crippen LogP contribution >= 0.6 is 22.6 Å². The number of nitro groups is 1. The molecule has 0 saturated heterocycles. The van der Waals surface area contributed by atoms with Crippen molar-refractivity contribution in [2.75, 3.05) is 7.11 Å². The van der Waals surface area contributed by atoms with E-state index in [0.717, 1.165) is 3.57 Å². The lowest BCUT2D eigenvalue weighted by Gasteiger charge is -2.04. The normalized spacial score (nSPS) is 10.2. The van der Waals surface area contributed by atoms with Crippen LogP contribution in [0.1, 0.15) is 10.5 Å². The third kappa shape index (κ3) is 2.70. The maximum absolute atomic E-state index is 11.4. The second-order valence-corrected chi connectivity index (χ2v) is 4.64. The van der Waals surface area contributed by atoms with E-state index in [1.807, 2.05) is 22.6 Å². The first kappa shape index (κ1) is 13.4. The van der Waals surface area contributed by atoms with Gasteiger partial charge >= 0.3 is 11.7 Å². The molecule has 0 aliphatic rings. The molecule has 8 nitrogen and oxygen atoms in total. The second kappa shape index (κ2) is 5.30. The Morgan fingerprint density at radius 1 is 1.53 bits per heavy atom. The van der Waals surface area contributed by atoms with Gasteiger partial charge in [-0.05, 0) is 28.7 Å². The van der Waals surface area contributed by atoms with Crippen molar-refractivity contribution in [2.24, 2.45) is 0 Å². The van der Waals surface area contributed by atoms with Gasteiger partial charge in [0.2, 0.25) is 5.82 Å². The molecule has 0 aromatic carbocycles. The standard InChI is InChI=1S/C10H7IN4O4/c1-19-10(16)7-2-3-8(15(17)18)9(13-7)14-5-6(11)4-12-14/h2-5H,1H3. The van der Waals surface area contributed by atoms with Crippen molar-refractivity contribution >= 4 is 34.2 Å². The van der Waals surface area contributed by atoms with E-state index in [0.29, 0.717) is 0 Å². The van der Waals surface area contributed by atoms with Gasteiger partial charge in [-0.1, -0.05) is 0 Å². The fraction of sp³-hybridized carbons (Fsp3) is 0.100. The van der Waals surface area contributed by atoms with Crippen LogP contribution in [0, 0.1) is 13.7 Å². The Hall–Kier alpha value is -2.04. The van der Waals surface area contributed by atoms with Gasteiger partial charge in [-0.25, -0.2) is 14.5 Å². The van der Waals surface area contributed by atoms with Crippen molar-refractivity contribution in [3.05, 3.63) is 43.9 Å². The lowest BCUT2D eigenvalue weighted by molar-refractivity contribution is -0.384. The van der Waals surface area contributed by atoms with Crippen LogP contribution in [0.3, 0.4) is 0 Å². The van der Waals surface area contributed by atoms with Gasteiger partial charge in [-0.15, -0.1) is 0 Å². The molecule has 0 aliphatic carbocycles. The number of hydrogen-bond donors (Lipinski definition) is 0. The van der Waals surface area contributed by atoms with Gasteiger partial charge in [0.15, 0.2) is 5.69 Å². The first-order chi connectivity index (χ1) is 9.02. The van der Waals surface area contributed by atoms with E-state index in [2.05, 4.69) is 14.8 Å². The molecule has 2 rings (SSSR count). The maximum Gasteiger partial charge on any atom is 0.356 e. The Balaban J connectivity index is 2.60. The number of ether oxygens (including phenoxy) is 1. The molecule has 0 aliphatic heterocycles. The van der Waals surface area contributed by atoms with E-state index in [4.69, 9.17) is 0 Å². The molecule has 0 radical (unpaired) electrons. The van der Waals surface area contributed by atoms with E-state index >= 15 is 0 Å². The summed E-state index contributed by atoms with van der Waals surface area (Å²) in [5.41, 5.74) is -0.263. The van der Waals surface area contributed by atoms with Gasteiger partial charge in [-0.3, -0.25) is 10.1 Å². The highest BCUT2D eigenvalue weighted by molar-refractivity contribution is 14.1. The van der Waals surface area contributed by atoms with Crippen molar-refractivity contribution in [1.82, 2.24) is 14.8 Å². The zero-order valence-corrected chi connectivity index (χ0v) is 11.8. The number of carbonyl (C=O) groups excluding carboxylic acids is 1. The number of nitrogens with zero attached hydrogens (tertiary/aromatic N) is 4. The number of pyridine rings is 1. The van der Waals surface area contributed by atoms with Crippen molar-refractivity contribution < 1.29 is 14.5 Å². The Morgan fingerprint density at radius 3 is 2.79 bits per heavy atom. The number of methoxy groups -OCH3 is 1. The number of carbonyl (C=O) groups is 1. The number of aromatic nitrogens is 3. The molecule has 9 heteroatoms. The van der Waals surface area contributed by atoms with Crippen LogP contribution in [0.4, 0.5) is 5.69 Å². The predicted molar refractivity (Wildman–Crippen MR) is 72.1 cm³/mol. The average molecular weight is 374 g/mol.